The predicted molar refractivity (Wildman–Crippen MR) is 112 cm³/mol. The number of hydrogen-bond donors (Lipinski definition) is 1. The maximum Gasteiger partial charge on any atom is 0.373 e. The Balaban J connectivity index is 1.77. The Morgan fingerprint density at radius 2 is 1.72 bits per heavy atom. The summed E-state index contributed by atoms with van der Waals surface area (Å²) in [6, 6.07) is 17.9. The summed E-state index contributed by atoms with van der Waals surface area (Å²) < 4.78 is 5.82. The molecule has 0 aliphatic rings. The van der Waals surface area contributed by atoms with Gasteiger partial charge in [0.2, 0.25) is 5.82 Å². The molecule has 3 aromatic carbocycles. The quantitative estimate of drug-likeness (QED) is 0.294. The average Bonchev–Trinajstić information content (AvgIpc) is 2.72. The van der Waals surface area contributed by atoms with Gasteiger partial charge in [0.05, 0.1) is 20.7 Å². The summed E-state index contributed by atoms with van der Waals surface area (Å²) in [5.41, 5.74) is -0.0476. The van der Waals surface area contributed by atoms with Crippen molar-refractivity contribution < 1.29 is 9.66 Å². The number of ether oxygens (including phenoxy) is 1. The first kappa shape index (κ1) is 18.9. The molecule has 7 nitrogen and oxygen atoms in total. The fourth-order valence-electron chi connectivity index (χ4n) is 2.81. The number of nitro groups is 1. The third kappa shape index (κ3) is 3.78. The number of hydrogen-bond acceptors (Lipinski definition) is 6. The molecule has 0 aliphatic carbocycles. The highest BCUT2D eigenvalue weighted by Crippen LogP contribution is 2.39. The fraction of sp³-hybridized carbons (Fsp3) is 0. The first-order chi connectivity index (χ1) is 14.0. The van der Waals surface area contributed by atoms with Crippen LogP contribution in [0.4, 0.5) is 17.2 Å². The van der Waals surface area contributed by atoms with Crippen molar-refractivity contribution in [1.82, 2.24) is 9.97 Å². The minimum atomic E-state index is -0.610. The third-order valence-electron chi connectivity index (χ3n) is 4.13. The normalized spacial score (nSPS) is 10.7. The second-order valence-corrected chi connectivity index (χ2v) is 6.72. The van der Waals surface area contributed by atoms with E-state index in [1.807, 2.05) is 30.3 Å². The summed E-state index contributed by atoms with van der Waals surface area (Å²) in [5, 5.41) is 16.9. The van der Waals surface area contributed by atoms with Crippen LogP contribution in [0.1, 0.15) is 0 Å². The largest absolute Gasteiger partial charge is 0.433 e. The van der Waals surface area contributed by atoms with E-state index in [1.165, 1.54) is 6.33 Å². The number of fused-ring (bicyclic) bond motifs is 1. The Bertz CT molecular complexity index is 1230. The van der Waals surface area contributed by atoms with Crippen LogP contribution in [0.2, 0.25) is 10.0 Å². The topological polar surface area (TPSA) is 90.2 Å². The van der Waals surface area contributed by atoms with Gasteiger partial charge in [0.25, 0.3) is 0 Å². The Kier molecular flexibility index (Phi) is 5.16. The molecule has 1 aromatic heterocycles. The van der Waals surface area contributed by atoms with Crippen molar-refractivity contribution in [2.24, 2.45) is 0 Å². The maximum atomic E-state index is 11.8. The lowest BCUT2D eigenvalue weighted by atomic mass is 10.1. The van der Waals surface area contributed by atoms with E-state index in [-0.39, 0.29) is 16.7 Å². The van der Waals surface area contributed by atoms with Gasteiger partial charge in [-0.3, -0.25) is 10.1 Å². The molecule has 9 heteroatoms. The Morgan fingerprint density at radius 1 is 0.966 bits per heavy atom. The van der Waals surface area contributed by atoms with E-state index in [2.05, 4.69) is 15.3 Å². The van der Waals surface area contributed by atoms with Crippen molar-refractivity contribution in [3.63, 3.8) is 0 Å². The van der Waals surface area contributed by atoms with Gasteiger partial charge >= 0.3 is 11.6 Å². The molecule has 4 aromatic rings. The van der Waals surface area contributed by atoms with Gasteiger partial charge in [0, 0.05) is 5.39 Å². The van der Waals surface area contributed by atoms with Crippen molar-refractivity contribution in [1.29, 1.82) is 0 Å². The fourth-order valence-corrected chi connectivity index (χ4v) is 3.16. The molecule has 0 unspecified atom stereocenters. The molecule has 0 spiro atoms. The van der Waals surface area contributed by atoms with Gasteiger partial charge in [0.1, 0.15) is 12.1 Å². The van der Waals surface area contributed by atoms with Gasteiger partial charge in [-0.2, -0.15) is 4.98 Å². The van der Waals surface area contributed by atoms with E-state index >= 15 is 0 Å². The number of anilines is 2. The van der Waals surface area contributed by atoms with Crippen LogP contribution in [-0.2, 0) is 0 Å². The van der Waals surface area contributed by atoms with Crippen molar-refractivity contribution in [2.75, 3.05) is 5.32 Å². The zero-order valence-corrected chi connectivity index (χ0v) is 16.2. The monoisotopic (exact) mass is 426 g/mol. The van der Waals surface area contributed by atoms with Crippen molar-refractivity contribution in [3.05, 3.63) is 87.2 Å². The molecule has 1 N–H and O–H groups in total. The SMILES string of the molecule is O=[N+]([O-])c1c(Nc2cccc(Cl)c2Cl)ncnc1Oc1cccc2ccccc12. The minimum Gasteiger partial charge on any atom is -0.433 e. The number of halogens is 2. The summed E-state index contributed by atoms with van der Waals surface area (Å²) >= 11 is 12.2. The average molecular weight is 427 g/mol. The molecule has 0 saturated carbocycles. The van der Waals surface area contributed by atoms with Crippen molar-refractivity contribution in [2.45, 2.75) is 0 Å². The molecule has 0 radical (unpaired) electrons. The first-order valence-corrected chi connectivity index (χ1v) is 9.16. The number of nitrogens with zero attached hydrogens (tertiary/aromatic N) is 3. The van der Waals surface area contributed by atoms with Crippen LogP contribution in [-0.4, -0.2) is 14.9 Å². The number of benzene rings is 3. The zero-order chi connectivity index (χ0) is 20.4. The lowest BCUT2D eigenvalue weighted by molar-refractivity contribution is -0.385. The van der Waals surface area contributed by atoms with E-state index in [0.29, 0.717) is 16.5 Å². The van der Waals surface area contributed by atoms with Gasteiger partial charge in [-0.25, -0.2) is 4.98 Å². The van der Waals surface area contributed by atoms with Gasteiger partial charge in [-0.15, -0.1) is 0 Å². The Morgan fingerprint density at radius 3 is 2.55 bits per heavy atom. The molecular weight excluding hydrogens is 415 g/mol. The molecule has 1 heterocycles. The molecule has 29 heavy (non-hydrogen) atoms. The van der Waals surface area contributed by atoms with Gasteiger partial charge in [0.15, 0.2) is 0 Å². The van der Waals surface area contributed by atoms with Gasteiger partial charge in [-0.05, 0) is 23.6 Å². The molecule has 144 valence electrons. The number of rotatable bonds is 5. The van der Waals surface area contributed by atoms with Crippen LogP contribution < -0.4 is 10.1 Å². The second-order valence-electron chi connectivity index (χ2n) is 5.94. The summed E-state index contributed by atoms with van der Waals surface area (Å²) in [5.74, 6) is 0.183. The third-order valence-corrected chi connectivity index (χ3v) is 4.95. The highest BCUT2D eigenvalue weighted by atomic mass is 35.5. The second kappa shape index (κ2) is 7.90. The van der Waals surface area contributed by atoms with Crippen molar-refractivity contribution >= 4 is 51.2 Å². The summed E-state index contributed by atoms with van der Waals surface area (Å²) in [7, 11) is 0. The maximum absolute atomic E-state index is 11.8. The molecule has 0 amide bonds. The highest BCUT2D eigenvalue weighted by Gasteiger charge is 2.26. The molecule has 4 rings (SSSR count). The van der Waals surface area contributed by atoms with E-state index in [9.17, 15) is 10.1 Å². The smallest absolute Gasteiger partial charge is 0.373 e. The summed E-state index contributed by atoms with van der Waals surface area (Å²) in [6.45, 7) is 0. The Labute approximate surface area is 175 Å². The van der Waals surface area contributed by atoms with Gasteiger partial charge in [-0.1, -0.05) is 65.7 Å². The lowest BCUT2D eigenvalue weighted by Gasteiger charge is -2.12. The molecular formula is C20H12Cl2N4O3. The van der Waals surface area contributed by atoms with E-state index in [0.717, 1.165) is 10.8 Å². The minimum absolute atomic E-state index is 0.0654. The zero-order valence-electron chi connectivity index (χ0n) is 14.7. The lowest BCUT2D eigenvalue weighted by Crippen LogP contribution is -2.04. The Hall–Kier alpha value is -3.42. The van der Waals surface area contributed by atoms with Crippen LogP contribution >= 0.6 is 23.2 Å². The molecule has 0 saturated heterocycles. The van der Waals surface area contributed by atoms with Crippen LogP contribution in [0.3, 0.4) is 0 Å². The highest BCUT2D eigenvalue weighted by molar-refractivity contribution is 6.43. The van der Waals surface area contributed by atoms with E-state index in [4.69, 9.17) is 27.9 Å². The number of aromatic nitrogens is 2. The first-order valence-electron chi connectivity index (χ1n) is 8.40. The number of nitrogens with one attached hydrogen (secondary N) is 1. The molecule has 0 aliphatic heterocycles. The summed E-state index contributed by atoms with van der Waals surface area (Å²) in [6.07, 6.45) is 1.17. The summed E-state index contributed by atoms with van der Waals surface area (Å²) in [4.78, 5) is 19.1. The standard InChI is InChI=1S/C20H12Cl2N4O3/c21-14-8-4-9-15(17(14)22)25-19-18(26(27)28)20(24-11-23-19)29-16-10-3-6-12-5-1-2-7-13(12)16/h1-11H,(H,23,24,25). The van der Waals surface area contributed by atoms with Crippen molar-refractivity contribution in [3.8, 4) is 11.6 Å². The van der Waals surface area contributed by atoms with Crippen LogP contribution in [0.5, 0.6) is 11.6 Å². The van der Waals surface area contributed by atoms with Crippen LogP contribution in [0.15, 0.2) is 67.0 Å². The molecule has 0 atom stereocenters. The molecule has 0 fully saturated rings. The van der Waals surface area contributed by atoms with Crippen LogP contribution in [0, 0.1) is 10.1 Å². The predicted octanol–water partition coefficient (Wildman–Crippen LogP) is 6.38. The van der Waals surface area contributed by atoms with Crippen LogP contribution in [0.25, 0.3) is 10.8 Å². The van der Waals surface area contributed by atoms with E-state index in [1.54, 1.807) is 30.3 Å². The van der Waals surface area contributed by atoms with E-state index < -0.39 is 10.6 Å². The van der Waals surface area contributed by atoms with Gasteiger partial charge < -0.3 is 10.1 Å². The molecule has 0 bridgehead atoms.